The maximum atomic E-state index is 12.5. The number of hydrogen-bond donors (Lipinski definition) is 1. The molecule has 0 saturated heterocycles. The molecule has 1 amide bonds. The largest absolute Gasteiger partial charge is 0.490 e. The number of halogens is 1. The van der Waals surface area contributed by atoms with Gasteiger partial charge in [0.15, 0.2) is 23.0 Å². The maximum Gasteiger partial charge on any atom is 0.343 e. The van der Waals surface area contributed by atoms with Crippen molar-refractivity contribution in [3.05, 3.63) is 82.3 Å². The Kier molecular flexibility index (Phi) is 7.44. The number of carbonyl (C=O) groups excluding carboxylic acids is 2. The van der Waals surface area contributed by atoms with Crippen molar-refractivity contribution in [2.24, 2.45) is 5.10 Å². The fourth-order valence-corrected chi connectivity index (χ4v) is 3.36. The highest BCUT2D eigenvalue weighted by molar-refractivity contribution is 9.10. The van der Waals surface area contributed by atoms with Crippen molar-refractivity contribution in [1.29, 1.82) is 0 Å². The van der Waals surface area contributed by atoms with E-state index in [1.807, 2.05) is 13.0 Å². The summed E-state index contributed by atoms with van der Waals surface area (Å²) in [5.74, 6) is 0.826. The summed E-state index contributed by atoms with van der Waals surface area (Å²) in [6, 6.07) is 19.0. The third kappa shape index (κ3) is 5.74. The Balaban J connectivity index is 1.39. The lowest BCUT2D eigenvalue weighted by molar-refractivity contribution is -0.130. The second kappa shape index (κ2) is 10.8. The topological polar surface area (TPSA) is 95.5 Å². The molecule has 4 rings (SSSR count). The number of ether oxygens (including phenoxy) is 4. The van der Waals surface area contributed by atoms with Crippen LogP contribution in [0.25, 0.3) is 0 Å². The first-order valence-corrected chi connectivity index (χ1v) is 11.3. The fraction of sp³-hybridized carbons (Fsp3) is 0.160. The molecule has 0 aromatic heterocycles. The van der Waals surface area contributed by atoms with Gasteiger partial charge in [-0.1, -0.05) is 28.1 Å². The minimum Gasteiger partial charge on any atom is -0.490 e. The van der Waals surface area contributed by atoms with Crippen LogP contribution in [0.3, 0.4) is 0 Å². The zero-order valence-electron chi connectivity index (χ0n) is 18.2. The van der Waals surface area contributed by atoms with Gasteiger partial charge in [0.2, 0.25) is 6.10 Å². The molecule has 1 atom stereocenters. The molecular weight excluding hydrogens is 504 g/mol. The Morgan fingerprint density at radius 3 is 2.62 bits per heavy atom. The number of benzene rings is 3. The van der Waals surface area contributed by atoms with E-state index in [0.717, 1.165) is 4.47 Å². The van der Waals surface area contributed by atoms with Gasteiger partial charge in [-0.05, 0) is 67.1 Å². The smallest absolute Gasteiger partial charge is 0.343 e. The minimum atomic E-state index is -0.813. The third-order valence-electron chi connectivity index (χ3n) is 4.74. The lowest BCUT2D eigenvalue weighted by Gasteiger charge is -2.24. The molecule has 3 aromatic rings. The fourth-order valence-electron chi connectivity index (χ4n) is 3.09. The van der Waals surface area contributed by atoms with Gasteiger partial charge in [-0.15, -0.1) is 0 Å². The second-order valence-electron chi connectivity index (χ2n) is 7.13. The Morgan fingerprint density at radius 1 is 1.09 bits per heavy atom. The summed E-state index contributed by atoms with van der Waals surface area (Å²) in [6.45, 7) is 2.29. The predicted octanol–water partition coefficient (Wildman–Crippen LogP) is 4.36. The summed E-state index contributed by atoms with van der Waals surface area (Å²) in [5, 5.41) is 3.99. The summed E-state index contributed by atoms with van der Waals surface area (Å²) in [4.78, 5) is 24.8. The number of fused-ring (bicyclic) bond motifs is 1. The zero-order chi connectivity index (χ0) is 23.9. The van der Waals surface area contributed by atoms with Crippen LogP contribution in [0, 0.1) is 0 Å². The Bertz CT molecular complexity index is 1210. The zero-order valence-corrected chi connectivity index (χ0v) is 19.8. The molecule has 8 nitrogen and oxygen atoms in total. The van der Waals surface area contributed by atoms with Gasteiger partial charge >= 0.3 is 5.97 Å². The molecule has 0 fully saturated rings. The van der Waals surface area contributed by atoms with E-state index in [0.29, 0.717) is 35.0 Å². The molecule has 0 aliphatic carbocycles. The van der Waals surface area contributed by atoms with E-state index in [1.165, 1.54) is 6.21 Å². The number of esters is 1. The highest BCUT2D eigenvalue weighted by Gasteiger charge is 2.27. The van der Waals surface area contributed by atoms with Crippen molar-refractivity contribution < 1.29 is 28.5 Å². The lowest BCUT2D eigenvalue weighted by Crippen LogP contribution is -2.42. The van der Waals surface area contributed by atoms with Crippen molar-refractivity contribution in [2.75, 3.05) is 13.2 Å². The predicted molar refractivity (Wildman–Crippen MR) is 129 cm³/mol. The molecule has 34 heavy (non-hydrogen) atoms. The number of rotatable bonds is 7. The highest BCUT2D eigenvalue weighted by atomic mass is 79.9. The van der Waals surface area contributed by atoms with Crippen LogP contribution in [-0.2, 0) is 4.79 Å². The third-order valence-corrected chi connectivity index (χ3v) is 5.27. The number of hydrazone groups is 1. The van der Waals surface area contributed by atoms with Crippen molar-refractivity contribution in [1.82, 2.24) is 5.43 Å². The Morgan fingerprint density at radius 2 is 1.85 bits per heavy atom. The maximum absolute atomic E-state index is 12.5. The highest BCUT2D eigenvalue weighted by Crippen LogP contribution is 2.31. The first kappa shape index (κ1) is 23.3. The molecule has 9 heteroatoms. The minimum absolute atomic E-state index is 0.0886. The van der Waals surface area contributed by atoms with Gasteiger partial charge in [0.1, 0.15) is 6.61 Å². The van der Waals surface area contributed by atoms with E-state index in [4.69, 9.17) is 18.9 Å². The van der Waals surface area contributed by atoms with E-state index >= 15 is 0 Å². The average Bonchev–Trinajstić information content (AvgIpc) is 2.85. The summed E-state index contributed by atoms with van der Waals surface area (Å²) < 4.78 is 23.2. The molecule has 0 unspecified atom stereocenters. The van der Waals surface area contributed by atoms with Crippen LogP contribution in [0.15, 0.2) is 76.3 Å². The number of para-hydroxylation sites is 2. The van der Waals surface area contributed by atoms with Crippen LogP contribution in [0.1, 0.15) is 22.8 Å². The van der Waals surface area contributed by atoms with Crippen molar-refractivity contribution >= 4 is 34.0 Å². The van der Waals surface area contributed by atoms with Gasteiger partial charge in [0, 0.05) is 4.47 Å². The van der Waals surface area contributed by atoms with Gasteiger partial charge in [-0.25, -0.2) is 10.2 Å². The molecule has 0 bridgehead atoms. The molecule has 0 radical (unpaired) electrons. The number of amides is 1. The van der Waals surface area contributed by atoms with Gasteiger partial charge in [-0.2, -0.15) is 5.10 Å². The normalized spacial score (nSPS) is 14.5. The summed E-state index contributed by atoms with van der Waals surface area (Å²) in [6.07, 6.45) is 0.643. The Hall–Kier alpha value is -3.85. The first-order chi connectivity index (χ1) is 16.5. The van der Waals surface area contributed by atoms with Crippen LogP contribution in [0.4, 0.5) is 0 Å². The summed E-state index contributed by atoms with van der Waals surface area (Å²) in [7, 11) is 0. The SMILES string of the molecule is CCOc1cc(/C=N/NC(=O)[C@@H]2COc3ccccc3O2)ccc1OC(=O)c1ccc(Br)cc1. The van der Waals surface area contributed by atoms with Crippen molar-refractivity contribution in [2.45, 2.75) is 13.0 Å². The van der Waals surface area contributed by atoms with Crippen LogP contribution in [-0.4, -0.2) is 37.4 Å². The average molecular weight is 525 g/mol. The molecule has 1 N–H and O–H groups in total. The number of carbonyl (C=O) groups is 2. The molecule has 0 saturated carbocycles. The van der Waals surface area contributed by atoms with E-state index in [2.05, 4.69) is 26.5 Å². The van der Waals surface area contributed by atoms with E-state index in [9.17, 15) is 9.59 Å². The molecule has 1 heterocycles. The molecule has 1 aliphatic rings. The van der Waals surface area contributed by atoms with Gasteiger partial charge < -0.3 is 18.9 Å². The van der Waals surface area contributed by atoms with Crippen LogP contribution in [0.2, 0.25) is 0 Å². The lowest BCUT2D eigenvalue weighted by atomic mass is 10.2. The van der Waals surface area contributed by atoms with Gasteiger partial charge in [0.25, 0.3) is 5.91 Å². The van der Waals surface area contributed by atoms with Crippen molar-refractivity contribution in [3.8, 4) is 23.0 Å². The van der Waals surface area contributed by atoms with E-state index in [1.54, 1.807) is 60.7 Å². The standard InChI is InChI=1S/C25H21BrN2O6/c1-2-31-22-13-16(7-12-21(22)34-25(30)17-8-10-18(26)11-9-17)14-27-28-24(29)23-15-32-19-5-3-4-6-20(19)33-23/h3-14,23H,2,15H2,1H3,(H,28,29)/b27-14+/t23-/m0/s1. The number of nitrogens with one attached hydrogen (secondary N) is 1. The number of hydrogen-bond acceptors (Lipinski definition) is 7. The molecular formula is C25H21BrN2O6. The van der Waals surface area contributed by atoms with Crippen LogP contribution < -0.4 is 24.4 Å². The molecule has 0 spiro atoms. The number of nitrogens with zero attached hydrogens (tertiary/aromatic N) is 1. The first-order valence-electron chi connectivity index (χ1n) is 10.5. The summed E-state index contributed by atoms with van der Waals surface area (Å²) in [5.41, 5.74) is 3.50. The van der Waals surface area contributed by atoms with Gasteiger partial charge in [-0.3, -0.25) is 4.79 Å². The monoisotopic (exact) mass is 524 g/mol. The van der Waals surface area contributed by atoms with E-state index in [-0.39, 0.29) is 12.4 Å². The summed E-state index contributed by atoms with van der Waals surface area (Å²) >= 11 is 3.34. The van der Waals surface area contributed by atoms with Crippen LogP contribution >= 0.6 is 15.9 Å². The quantitative estimate of drug-likeness (QED) is 0.213. The van der Waals surface area contributed by atoms with Gasteiger partial charge in [0.05, 0.1) is 18.4 Å². The molecule has 1 aliphatic heterocycles. The second-order valence-corrected chi connectivity index (χ2v) is 8.05. The van der Waals surface area contributed by atoms with Crippen molar-refractivity contribution in [3.63, 3.8) is 0 Å². The van der Waals surface area contributed by atoms with Crippen LogP contribution in [0.5, 0.6) is 23.0 Å². The molecule has 3 aromatic carbocycles. The Labute approximate surface area is 204 Å². The van der Waals surface area contributed by atoms with E-state index < -0.39 is 18.0 Å². The molecule has 174 valence electrons.